The monoisotopic (exact) mass is 525 g/mol. The maximum atomic E-state index is 12.8. The molecule has 0 spiro atoms. The van der Waals surface area contributed by atoms with Crippen LogP contribution in [-0.4, -0.2) is 80.9 Å². The van der Waals surface area contributed by atoms with Crippen molar-refractivity contribution in [3.63, 3.8) is 0 Å². The van der Waals surface area contributed by atoms with Gasteiger partial charge in [-0.25, -0.2) is 13.4 Å². The van der Waals surface area contributed by atoms with Crippen LogP contribution in [0.25, 0.3) is 10.2 Å². The van der Waals surface area contributed by atoms with Crippen molar-refractivity contribution >= 4 is 42.6 Å². The average molecular weight is 526 g/mol. The molecule has 1 aliphatic heterocycles. The number of amides is 1. The quantitative estimate of drug-likeness (QED) is 0.387. The summed E-state index contributed by atoms with van der Waals surface area (Å²) >= 11 is 1.72. The Morgan fingerprint density at radius 3 is 2.33 bits per heavy atom. The van der Waals surface area contributed by atoms with Crippen LogP contribution in [0.5, 0.6) is 0 Å². The van der Waals surface area contributed by atoms with E-state index in [9.17, 15) is 13.2 Å². The van der Waals surface area contributed by atoms with Crippen molar-refractivity contribution in [3.8, 4) is 0 Å². The third-order valence-corrected chi connectivity index (χ3v) is 9.00. The minimum atomic E-state index is -3.69. The highest BCUT2D eigenvalue weighted by Gasteiger charge is 2.23. The summed E-state index contributed by atoms with van der Waals surface area (Å²) < 4.78 is 28.1. The fraction of sp³-hybridized carbons (Fsp3) is 0.308. The van der Waals surface area contributed by atoms with E-state index < -0.39 is 10.0 Å². The lowest BCUT2D eigenvalue weighted by Crippen LogP contribution is -2.48. The lowest BCUT2D eigenvalue weighted by molar-refractivity contribution is 0.0947. The van der Waals surface area contributed by atoms with E-state index in [0.717, 1.165) is 43.4 Å². The number of sulfonamides is 1. The molecule has 1 aliphatic rings. The van der Waals surface area contributed by atoms with Gasteiger partial charge in [0.15, 0.2) is 5.13 Å². The van der Waals surface area contributed by atoms with Gasteiger partial charge in [0.2, 0.25) is 10.0 Å². The molecule has 0 bridgehead atoms. The van der Waals surface area contributed by atoms with Crippen LogP contribution in [0, 0.1) is 0 Å². The summed E-state index contributed by atoms with van der Waals surface area (Å²) in [5.41, 5.74) is 1.47. The van der Waals surface area contributed by atoms with Gasteiger partial charge in [-0.15, -0.1) is 13.2 Å². The maximum absolute atomic E-state index is 12.8. The fourth-order valence-corrected chi connectivity index (χ4v) is 6.47. The summed E-state index contributed by atoms with van der Waals surface area (Å²) in [6.45, 7) is 12.5. The predicted octanol–water partition coefficient (Wildman–Crippen LogP) is 3.21. The van der Waals surface area contributed by atoms with Crippen molar-refractivity contribution in [3.05, 3.63) is 79.4 Å². The molecule has 1 fully saturated rings. The summed E-state index contributed by atoms with van der Waals surface area (Å²) in [5, 5.41) is 4.00. The second kappa shape index (κ2) is 11.8. The Kier molecular flexibility index (Phi) is 8.52. The first-order chi connectivity index (χ1) is 17.4. The van der Waals surface area contributed by atoms with Gasteiger partial charge < -0.3 is 10.2 Å². The predicted molar refractivity (Wildman–Crippen MR) is 146 cm³/mol. The van der Waals surface area contributed by atoms with Gasteiger partial charge in [-0.1, -0.05) is 35.6 Å². The summed E-state index contributed by atoms with van der Waals surface area (Å²) in [7, 11) is -3.69. The molecule has 0 unspecified atom stereocenters. The van der Waals surface area contributed by atoms with Gasteiger partial charge in [-0.2, -0.15) is 4.31 Å². The SMILES string of the molecule is C=CCN(CC=C)S(=O)(=O)c1ccc(C(=O)NCCN2CCN(c3nc4ccccc4s3)CC2)cc1. The average Bonchev–Trinajstić information content (AvgIpc) is 3.33. The van der Waals surface area contributed by atoms with Gasteiger partial charge in [0.05, 0.1) is 15.1 Å². The molecule has 1 amide bonds. The lowest BCUT2D eigenvalue weighted by atomic mass is 10.2. The zero-order valence-corrected chi connectivity index (χ0v) is 21.8. The standard InChI is InChI=1S/C26H31N5O3S2/c1-3-14-31(15-4-2)36(33,34)22-11-9-21(10-12-22)25(32)27-13-16-29-17-19-30(20-18-29)26-28-23-7-5-6-8-24(23)35-26/h3-12H,1-2,13-20H2,(H,27,32). The lowest BCUT2D eigenvalue weighted by Gasteiger charge is -2.34. The van der Waals surface area contributed by atoms with E-state index in [0.29, 0.717) is 12.1 Å². The number of anilines is 1. The van der Waals surface area contributed by atoms with Gasteiger partial charge in [-0.3, -0.25) is 9.69 Å². The van der Waals surface area contributed by atoms with Gasteiger partial charge in [0.25, 0.3) is 5.91 Å². The summed E-state index contributed by atoms with van der Waals surface area (Å²) in [6, 6.07) is 14.2. The van der Waals surface area contributed by atoms with Gasteiger partial charge in [0.1, 0.15) is 0 Å². The summed E-state index contributed by atoms with van der Waals surface area (Å²) in [6.07, 6.45) is 3.06. The molecule has 2 heterocycles. The van der Waals surface area contributed by atoms with Crippen molar-refractivity contribution < 1.29 is 13.2 Å². The number of hydrogen-bond acceptors (Lipinski definition) is 7. The number of thiazole rings is 1. The molecule has 4 rings (SSSR count). The number of carbonyl (C=O) groups is 1. The third-order valence-electron chi connectivity index (χ3n) is 6.06. The zero-order chi connectivity index (χ0) is 25.5. The Morgan fingerprint density at radius 1 is 1.03 bits per heavy atom. The van der Waals surface area contributed by atoms with Crippen LogP contribution in [0.3, 0.4) is 0 Å². The molecule has 2 aromatic carbocycles. The Labute approximate surface area is 216 Å². The van der Waals surface area contributed by atoms with Gasteiger partial charge in [-0.05, 0) is 36.4 Å². The molecule has 0 aliphatic carbocycles. The van der Waals surface area contributed by atoms with E-state index >= 15 is 0 Å². The van der Waals surface area contributed by atoms with Crippen molar-refractivity contribution in [2.45, 2.75) is 4.90 Å². The molecule has 3 aromatic rings. The number of benzene rings is 2. The summed E-state index contributed by atoms with van der Waals surface area (Å²) in [5.74, 6) is -0.221. The Hall–Kier alpha value is -3.05. The number of fused-ring (bicyclic) bond motifs is 1. The first-order valence-corrected chi connectivity index (χ1v) is 14.1. The highest BCUT2D eigenvalue weighted by Crippen LogP contribution is 2.29. The number of rotatable bonds is 11. The molecule has 10 heteroatoms. The molecule has 190 valence electrons. The zero-order valence-electron chi connectivity index (χ0n) is 20.2. The molecule has 0 atom stereocenters. The molecular weight excluding hydrogens is 494 g/mol. The van der Waals surface area contributed by atoms with Crippen LogP contribution >= 0.6 is 11.3 Å². The van der Waals surface area contributed by atoms with E-state index in [-0.39, 0.29) is 23.9 Å². The first kappa shape index (κ1) is 26.0. The van der Waals surface area contributed by atoms with Crippen LogP contribution in [0.1, 0.15) is 10.4 Å². The minimum Gasteiger partial charge on any atom is -0.351 e. The van der Waals surface area contributed by atoms with Crippen molar-refractivity contribution in [2.24, 2.45) is 0 Å². The van der Waals surface area contributed by atoms with Crippen molar-refractivity contribution in [2.75, 3.05) is 57.3 Å². The third kappa shape index (κ3) is 6.01. The van der Waals surface area contributed by atoms with E-state index in [4.69, 9.17) is 4.98 Å². The second-order valence-electron chi connectivity index (χ2n) is 8.47. The molecule has 36 heavy (non-hydrogen) atoms. The largest absolute Gasteiger partial charge is 0.351 e. The van der Waals surface area contributed by atoms with Crippen LogP contribution in [-0.2, 0) is 10.0 Å². The number of carbonyl (C=O) groups excluding carboxylic acids is 1. The number of para-hydroxylation sites is 1. The number of hydrogen-bond donors (Lipinski definition) is 1. The maximum Gasteiger partial charge on any atom is 0.251 e. The molecule has 0 saturated carbocycles. The topological polar surface area (TPSA) is 85.8 Å². The van der Waals surface area contributed by atoms with Crippen molar-refractivity contribution in [1.29, 1.82) is 0 Å². The molecular formula is C26H31N5O3S2. The number of piperazine rings is 1. The molecule has 1 aromatic heterocycles. The molecule has 1 N–H and O–H groups in total. The fourth-order valence-electron chi connectivity index (χ4n) is 4.07. The highest BCUT2D eigenvalue weighted by molar-refractivity contribution is 7.89. The smallest absolute Gasteiger partial charge is 0.251 e. The van der Waals surface area contributed by atoms with Crippen molar-refractivity contribution in [1.82, 2.24) is 19.5 Å². The Balaban J connectivity index is 1.24. The van der Waals surface area contributed by atoms with E-state index in [1.54, 1.807) is 23.5 Å². The van der Waals surface area contributed by atoms with E-state index in [1.165, 1.54) is 33.3 Å². The van der Waals surface area contributed by atoms with E-state index in [1.807, 2.05) is 18.2 Å². The minimum absolute atomic E-state index is 0.133. The highest BCUT2D eigenvalue weighted by atomic mass is 32.2. The van der Waals surface area contributed by atoms with Crippen LogP contribution < -0.4 is 10.2 Å². The van der Waals surface area contributed by atoms with Crippen LogP contribution in [0.15, 0.2) is 78.7 Å². The second-order valence-corrected chi connectivity index (χ2v) is 11.4. The molecule has 8 nitrogen and oxygen atoms in total. The van der Waals surface area contributed by atoms with E-state index in [2.05, 4.69) is 34.3 Å². The molecule has 1 saturated heterocycles. The first-order valence-electron chi connectivity index (χ1n) is 11.9. The van der Waals surface area contributed by atoms with Gasteiger partial charge >= 0.3 is 0 Å². The number of nitrogens with one attached hydrogen (secondary N) is 1. The summed E-state index contributed by atoms with van der Waals surface area (Å²) in [4.78, 5) is 22.1. The van der Waals surface area contributed by atoms with Crippen LogP contribution in [0.2, 0.25) is 0 Å². The normalized spacial score (nSPS) is 14.8. The number of nitrogens with zero attached hydrogens (tertiary/aromatic N) is 4. The Morgan fingerprint density at radius 2 is 1.69 bits per heavy atom. The van der Waals surface area contributed by atoms with Crippen LogP contribution in [0.4, 0.5) is 5.13 Å². The molecule has 0 radical (unpaired) electrons. The Bertz CT molecular complexity index is 1270. The number of aromatic nitrogens is 1. The van der Waals surface area contributed by atoms with Gasteiger partial charge in [0, 0.05) is 57.9 Å².